The molecule has 68 valence electrons. The van der Waals surface area contributed by atoms with Crippen LogP contribution in [0.1, 0.15) is 20.3 Å². The van der Waals surface area contributed by atoms with E-state index in [1.165, 1.54) is 7.11 Å². The highest BCUT2D eigenvalue weighted by Crippen LogP contribution is 1.91. The minimum Gasteiger partial charge on any atom is -0.469 e. The summed E-state index contributed by atoms with van der Waals surface area (Å²) in [6.07, 6.45) is -0.187. The van der Waals surface area contributed by atoms with E-state index < -0.39 is 5.97 Å². The fourth-order valence-corrected chi connectivity index (χ4v) is 0.382. The summed E-state index contributed by atoms with van der Waals surface area (Å²) in [5.74, 6) is -0.730. The number of carbonyl (C=O) groups excluding carboxylic acids is 1. The van der Waals surface area contributed by atoms with Crippen molar-refractivity contribution < 1.29 is 14.4 Å². The normalized spacial score (nSPS) is 8.58. The Kier molecular flexibility index (Phi) is 4.67. The lowest BCUT2D eigenvalue weighted by molar-refractivity contribution is -0.139. The van der Waals surface area contributed by atoms with Crippen LogP contribution in [0.5, 0.6) is 0 Å². The van der Waals surface area contributed by atoms with Gasteiger partial charge in [-0.3, -0.25) is 10.2 Å². The minimum atomic E-state index is -0.510. The number of esters is 1. The molecule has 0 unspecified atom stereocenters. The van der Waals surface area contributed by atoms with Gasteiger partial charge in [0, 0.05) is 0 Å². The molecule has 0 bridgehead atoms. The minimum absolute atomic E-state index is 0.187. The quantitative estimate of drug-likeness (QED) is 0.298. The van der Waals surface area contributed by atoms with Crippen molar-refractivity contribution in [3.63, 3.8) is 0 Å². The standard InChI is InChI=1S/C7H12N2O3/c1-5(2)9-12-6(8)4-7(10)11-3/h8H,4H2,1-3H3. The van der Waals surface area contributed by atoms with E-state index in [-0.39, 0.29) is 12.3 Å². The Balaban J connectivity index is 3.75. The summed E-state index contributed by atoms with van der Waals surface area (Å²) >= 11 is 0. The number of hydrogen-bond donors (Lipinski definition) is 1. The van der Waals surface area contributed by atoms with Gasteiger partial charge < -0.3 is 9.57 Å². The summed E-state index contributed by atoms with van der Waals surface area (Å²) in [7, 11) is 1.25. The molecule has 12 heavy (non-hydrogen) atoms. The maximum absolute atomic E-state index is 10.6. The summed E-state index contributed by atoms with van der Waals surface area (Å²) in [4.78, 5) is 15.1. The molecule has 0 heterocycles. The molecule has 0 aromatic heterocycles. The second-order valence-corrected chi connectivity index (χ2v) is 2.31. The first-order chi connectivity index (χ1) is 5.56. The monoisotopic (exact) mass is 172 g/mol. The molecule has 0 fully saturated rings. The van der Waals surface area contributed by atoms with Gasteiger partial charge in [0.1, 0.15) is 6.42 Å². The van der Waals surface area contributed by atoms with Gasteiger partial charge in [-0.25, -0.2) is 0 Å². The van der Waals surface area contributed by atoms with E-state index in [0.29, 0.717) is 5.71 Å². The van der Waals surface area contributed by atoms with E-state index in [1.54, 1.807) is 13.8 Å². The van der Waals surface area contributed by atoms with Crippen molar-refractivity contribution in [3.05, 3.63) is 0 Å². The molecule has 0 atom stereocenters. The van der Waals surface area contributed by atoms with Gasteiger partial charge in [-0.05, 0) is 13.8 Å². The summed E-state index contributed by atoms with van der Waals surface area (Å²) in [5, 5.41) is 10.6. The van der Waals surface area contributed by atoms with Crippen LogP contribution in [0, 0.1) is 5.41 Å². The van der Waals surface area contributed by atoms with Gasteiger partial charge in [0.2, 0.25) is 5.90 Å². The molecular weight excluding hydrogens is 160 g/mol. The average molecular weight is 172 g/mol. The van der Waals surface area contributed by atoms with Crippen LogP contribution in [-0.4, -0.2) is 24.7 Å². The Hall–Kier alpha value is -1.39. The molecule has 0 aliphatic carbocycles. The van der Waals surface area contributed by atoms with E-state index in [9.17, 15) is 4.79 Å². The van der Waals surface area contributed by atoms with Crippen molar-refractivity contribution in [3.8, 4) is 0 Å². The molecule has 5 nitrogen and oxygen atoms in total. The number of hydrogen-bond acceptors (Lipinski definition) is 5. The van der Waals surface area contributed by atoms with Gasteiger partial charge in [-0.2, -0.15) is 0 Å². The Labute approximate surface area is 70.9 Å². The molecule has 0 saturated heterocycles. The first-order valence-electron chi connectivity index (χ1n) is 3.38. The fourth-order valence-electron chi connectivity index (χ4n) is 0.382. The third kappa shape index (κ3) is 5.40. The highest BCUT2D eigenvalue weighted by molar-refractivity contribution is 5.92. The molecule has 1 N–H and O–H groups in total. The van der Waals surface area contributed by atoms with Crippen molar-refractivity contribution in [2.45, 2.75) is 20.3 Å². The van der Waals surface area contributed by atoms with Crippen LogP contribution in [0.2, 0.25) is 0 Å². The van der Waals surface area contributed by atoms with Crippen molar-refractivity contribution in [1.82, 2.24) is 0 Å². The zero-order chi connectivity index (χ0) is 9.56. The first-order valence-corrected chi connectivity index (χ1v) is 3.38. The van der Waals surface area contributed by atoms with Crippen LogP contribution in [0.25, 0.3) is 0 Å². The molecule has 0 aromatic carbocycles. The number of nitrogens with one attached hydrogen (secondary N) is 1. The summed E-state index contributed by atoms with van der Waals surface area (Å²) in [6.45, 7) is 3.46. The highest BCUT2D eigenvalue weighted by Gasteiger charge is 2.06. The molecular formula is C7H12N2O3. The van der Waals surface area contributed by atoms with Gasteiger partial charge in [0.25, 0.3) is 0 Å². The Bertz CT molecular complexity index is 207. The third-order valence-corrected chi connectivity index (χ3v) is 0.871. The van der Waals surface area contributed by atoms with Crippen LogP contribution in [-0.2, 0) is 14.4 Å². The first kappa shape index (κ1) is 10.6. The van der Waals surface area contributed by atoms with E-state index in [2.05, 4.69) is 14.7 Å². The molecule has 5 heteroatoms. The molecule has 0 amide bonds. The number of methoxy groups -OCH3 is 1. The van der Waals surface area contributed by atoms with E-state index in [0.717, 1.165) is 0 Å². The summed E-state index contributed by atoms with van der Waals surface area (Å²) in [6, 6.07) is 0. The third-order valence-electron chi connectivity index (χ3n) is 0.871. The number of carbonyl (C=O) groups is 1. The number of oxime groups is 1. The molecule has 0 spiro atoms. The van der Waals surface area contributed by atoms with Crippen LogP contribution in [0.4, 0.5) is 0 Å². The van der Waals surface area contributed by atoms with E-state index in [1.807, 2.05) is 0 Å². The lowest BCUT2D eigenvalue weighted by Gasteiger charge is -1.99. The lowest BCUT2D eigenvalue weighted by Crippen LogP contribution is -2.09. The maximum Gasteiger partial charge on any atom is 0.315 e. The predicted molar refractivity (Wildman–Crippen MR) is 44.2 cm³/mol. The molecule has 0 aliphatic rings. The summed E-state index contributed by atoms with van der Waals surface area (Å²) in [5.41, 5.74) is 0.685. The van der Waals surface area contributed by atoms with Crippen LogP contribution >= 0.6 is 0 Å². The molecule has 0 radical (unpaired) electrons. The zero-order valence-corrected chi connectivity index (χ0v) is 7.38. The smallest absolute Gasteiger partial charge is 0.315 e. The topological polar surface area (TPSA) is 71.7 Å². The second-order valence-electron chi connectivity index (χ2n) is 2.31. The van der Waals surface area contributed by atoms with Crippen LogP contribution in [0.3, 0.4) is 0 Å². The van der Waals surface area contributed by atoms with E-state index >= 15 is 0 Å². The van der Waals surface area contributed by atoms with Crippen LogP contribution in [0.15, 0.2) is 5.16 Å². The Morgan fingerprint density at radius 1 is 1.50 bits per heavy atom. The van der Waals surface area contributed by atoms with Gasteiger partial charge in [-0.15, -0.1) is 0 Å². The maximum atomic E-state index is 10.6. The van der Waals surface area contributed by atoms with Crippen molar-refractivity contribution in [2.24, 2.45) is 5.16 Å². The van der Waals surface area contributed by atoms with Gasteiger partial charge in [0.15, 0.2) is 0 Å². The van der Waals surface area contributed by atoms with E-state index in [4.69, 9.17) is 5.41 Å². The largest absolute Gasteiger partial charge is 0.469 e. The fraction of sp³-hybridized carbons (Fsp3) is 0.571. The molecule has 0 aromatic rings. The predicted octanol–water partition coefficient (Wildman–Crippen LogP) is 0.939. The van der Waals surface area contributed by atoms with Gasteiger partial charge in [-0.1, -0.05) is 5.16 Å². The number of nitrogens with zero attached hydrogens (tertiary/aromatic N) is 1. The Morgan fingerprint density at radius 2 is 2.08 bits per heavy atom. The van der Waals surface area contributed by atoms with Gasteiger partial charge >= 0.3 is 5.97 Å². The van der Waals surface area contributed by atoms with Crippen molar-refractivity contribution >= 4 is 17.6 Å². The average Bonchev–Trinajstić information content (AvgIpc) is 2.00. The number of rotatable bonds is 3. The molecule has 0 saturated carbocycles. The summed E-state index contributed by atoms with van der Waals surface area (Å²) < 4.78 is 4.32. The van der Waals surface area contributed by atoms with Crippen molar-refractivity contribution in [1.29, 1.82) is 5.41 Å². The van der Waals surface area contributed by atoms with Crippen LogP contribution < -0.4 is 0 Å². The second kappa shape index (κ2) is 5.29. The van der Waals surface area contributed by atoms with Crippen molar-refractivity contribution in [2.75, 3.05) is 7.11 Å². The molecule has 0 rings (SSSR count). The highest BCUT2D eigenvalue weighted by atomic mass is 16.6. The SMILES string of the molecule is COC(=O)CC(=N)ON=C(C)C. The number of ether oxygens (including phenoxy) is 1. The molecule has 0 aliphatic heterocycles. The Morgan fingerprint density at radius 3 is 2.50 bits per heavy atom. The zero-order valence-electron chi connectivity index (χ0n) is 7.38. The lowest BCUT2D eigenvalue weighted by atomic mass is 10.4. The van der Waals surface area contributed by atoms with Gasteiger partial charge in [0.05, 0.1) is 12.8 Å².